The summed E-state index contributed by atoms with van der Waals surface area (Å²) >= 11 is 0. The first kappa shape index (κ1) is 20.3. The van der Waals surface area contributed by atoms with Gasteiger partial charge in [-0.2, -0.15) is 0 Å². The first-order chi connectivity index (χ1) is 11.3. The third-order valence-corrected chi connectivity index (χ3v) is 4.12. The fourth-order valence-corrected chi connectivity index (χ4v) is 2.90. The molecule has 3 amide bonds. The summed E-state index contributed by atoms with van der Waals surface area (Å²) in [5.74, 6) is -1.21. The van der Waals surface area contributed by atoms with Crippen LogP contribution in [0.3, 0.4) is 0 Å². The van der Waals surface area contributed by atoms with Gasteiger partial charge in [0.25, 0.3) is 0 Å². The summed E-state index contributed by atoms with van der Waals surface area (Å²) in [7, 11) is 1.56. The van der Waals surface area contributed by atoms with Crippen molar-refractivity contribution in [3.8, 4) is 0 Å². The summed E-state index contributed by atoms with van der Waals surface area (Å²) in [5.41, 5.74) is 5.15. The van der Waals surface area contributed by atoms with Crippen LogP contribution in [0.4, 0.5) is 0 Å². The molecule has 0 aromatic rings. The van der Waals surface area contributed by atoms with Crippen LogP contribution in [-0.4, -0.2) is 77.3 Å². The number of amides is 3. The molecule has 1 heterocycles. The molecule has 138 valence electrons. The molecule has 1 fully saturated rings. The van der Waals surface area contributed by atoms with Gasteiger partial charge in [0.2, 0.25) is 17.7 Å². The van der Waals surface area contributed by atoms with Crippen LogP contribution in [0.25, 0.3) is 0 Å². The molecule has 4 unspecified atom stereocenters. The highest BCUT2D eigenvalue weighted by Crippen LogP contribution is 2.19. The van der Waals surface area contributed by atoms with E-state index < -0.39 is 24.1 Å². The van der Waals surface area contributed by atoms with Gasteiger partial charge in [-0.05, 0) is 33.2 Å². The highest BCUT2D eigenvalue weighted by atomic mass is 16.3. The average molecular weight is 344 g/mol. The highest BCUT2D eigenvalue weighted by Gasteiger charge is 2.37. The number of carbonyl (C=O) groups excluding carboxylic acids is 3. The van der Waals surface area contributed by atoms with Crippen LogP contribution in [0, 0.1) is 0 Å². The lowest BCUT2D eigenvalue weighted by atomic mass is 10.1. The minimum absolute atomic E-state index is 0.126. The maximum absolute atomic E-state index is 12.5. The summed E-state index contributed by atoms with van der Waals surface area (Å²) in [6.45, 7) is 1.80. The fourth-order valence-electron chi connectivity index (χ4n) is 2.90. The van der Waals surface area contributed by atoms with Gasteiger partial charge in [0, 0.05) is 12.6 Å². The smallest absolute Gasteiger partial charge is 0.243 e. The molecule has 0 bridgehead atoms. The zero-order valence-electron chi connectivity index (χ0n) is 14.2. The second-order valence-electron chi connectivity index (χ2n) is 6.18. The van der Waals surface area contributed by atoms with Gasteiger partial charge < -0.3 is 31.5 Å². The number of rotatable bonds is 9. The van der Waals surface area contributed by atoms with Crippen molar-refractivity contribution in [3.05, 3.63) is 0 Å². The molecule has 6 N–H and O–H groups in total. The van der Waals surface area contributed by atoms with Crippen LogP contribution in [-0.2, 0) is 14.4 Å². The van der Waals surface area contributed by atoms with Crippen LogP contribution in [0.1, 0.15) is 32.6 Å². The standard InChI is InChI=1S/C15H28N4O5/c1-9(6-10(21)8-20)18-14(23)12-4-3-5-19(12)15(24)11(17-2)7-13(16)22/h9-12,17,20-21H,3-8H2,1-2H3,(H2,16,22)(H,18,23). The molecule has 1 saturated heterocycles. The van der Waals surface area contributed by atoms with E-state index in [-0.39, 0.29) is 37.3 Å². The van der Waals surface area contributed by atoms with E-state index >= 15 is 0 Å². The Bertz CT molecular complexity index is 459. The molecular weight excluding hydrogens is 316 g/mol. The van der Waals surface area contributed by atoms with E-state index in [9.17, 15) is 19.5 Å². The van der Waals surface area contributed by atoms with Gasteiger partial charge >= 0.3 is 0 Å². The average Bonchev–Trinajstić information content (AvgIpc) is 3.00. The van der Waals surface area contributed by atoms with Gasteiger partial charge in [-0.25, -0.2) is 0 Å². The molecule has 1 rings (SSSR count). The van der Waals surface area contributed by atoms with Gasteiger partial charge in [-0.1, -0.05) is 0 Å². The van der Waals surface area contributed by atoms with Crippen LogP contribution in [0.2, 0.25) is 0 Å². The normalized spacial score (nSPS) is 21.2. The maximum Gasteiger partial charge on any atom is 0.243 e. The van der Waals surface area contributed by atoms with Crippen molar-refractivity contribution in [1.29, 1.82) is 0 Å². The summed E-state index contributed by atoms with van der Waals surface area (Å²) < 4.78 is 0. The quantitative estimate of drug-likeness (QED) is 0.318. The Labute approximate surface area is 141 Å². The Hall–Kier alpha value is -1.71. The lowest BCUT2D eigenvalue weighted by molar-refractivity contribution is -0.141. The number of likely N-dealkylation sites (tertiary alicyclic amines) is 1. The van der Waals surface area contributed by atoms with Crippen molar-refractivity contribution in [2.45, 2.75) is 56.8 Å². The van der Waals surface area contributed by atoms with E-state index in [1.54, 1.807) is 14.0 Å². The zero-order chi connectivity index (χ0) is 18.3. The Morgan fingerprint density at radius 2 is 2.04 bits per heavy atom. The van der Waals surface area contributed by atoms with Crippen molar-refractivity contribution >= 4 is 17.7 Å². The number of nitrogens with zero attached hydrogens (tertiary/aromatic N) is 1. The molecule has 24 heavy (non-hydrogen) atoms. The number of aliphatic hydroxyl groups is 2. The second-order valence-corrected chi connectivity index (χ2v) is 6.18. The molecule has 0 saturated carbocycles. The van der Waals surface area contributed by atoms with E-state index in [2.05, 4.69) is 10.6 Å². The third-order valence-electron chi connectivity index (χ3n) is 4.12. The molecular formula is C15H28N4O5. The number of nitrogens with two attached hydrogens (primary N) is 1. The van der Waals surface area contributed by atoms with Crippen LogP contribution in [0.5, 0.6) is 0 Å². The molecule has 9 nitrogen and oxygen atoms in total. The van der Waals surface area contributed by atoms with E-state index in [4.69, 9.17) is 10.8 Å². The van der Waals surface area contributed by atoms with Crippen LogP contribution < -0.4 is 16.4 Å². The van der Waals surface area contributed by atoms with Gasteiger partial charge in [0.05, 0.1) is 25.2 Å². The molecule has 1 aliphatic rings. The number of hydrogen-bond acceptors (Lipinski definition) is 6. The molecule has 0 aliphatic carbocycles. The molecule has 0 radical (unpaired) electrons. The zero-order valence-corrected chi connectivity index (χ0v) is 14.2. The summed E-state index contributed by atoms with van der Waals surface area (Å²) in [4.78, 5) is 37.5. The molecule has 0 aromatic heterocycles. The maximum atomic E-state index is 12.5. The van der Waals surface area contributed by atoms with Crippen molar-refractivity contribution in [3.63, 3.8) is 0 Å². The van der Waals surface area contributed by atoms with Crippen LogP contribution >= 0.6 is 0 Å². The van der Waals surface area contributed by atoms with E-state index in [0.29, 0.717) is 19.4 Å². The van der Waals surface area contributed by atoms with E-state index in [1.165, 1.54) is 4.90 Å². The minimum Gasteiger partial charge on any atom is -0.394 e. The summed E-state index contributed by atoms with van der Waals surface area (Å²) in [5, 5.41) is 23.8. The fraction of sp³-hybridized carbons (Fsp3) is 0.800. The van der Waals surface area contributed by atoms with E-state index in [1.807, 2.05) is 0 Å². The number of nitrogens with one attached hydrogen (secondary N) is 2. The first-order valence-corrected chi connectivity index (χ1v) is 8.15. The SMILES string of the molecule is CNC(CC(N)=O)C(=O)N1CCCC1C(=O)NC(C)CC(O)CO. The number of primary amides is 1. The molecule has 4 atom stereocenters. The lowest BCUT2D eigenvalue weighted by Crippen LogP contribution is -2.53. The summed E-state index contributed by atoms with van der Waals surface area (Å²) in [6.07, 6.45) is 0.443. The molecule has 0 spiro atoms. The first-order valence-electron chi connectivity index (χ1n) is 8.15. The van der Waals surface area contributed by atoms with Crippen molar-refractivity contribution in [2.24, 2.45) is 5.73 Å². The summed E-state index contributed by atoms with van der Waals surface area (Å²) in [6, 6.07) is -1.68. The Morgan fingerprint density at radius 1 is 1.38 bits per heavy atom. The molecule has 0 aromatic carbocycles. The predicted octanol–water partition coefficient (Wildman–Crippen LogP) is -2.31. The Kier molecular flexibility index (Phi) is 8.09. The largest absolute Gasteiger partial charge is 0.394 e. The van der Waals surface area contributed by atoms with Crippen molar-refractivity contribution in [1.82, 2.24) is 15.5 Å². The van der Waals surface area contributed by atoms with Gasteiger partial charge in [-0.3, -0.25) is 14.4 Å². The number of carbonyl (C=O) groups is 3. The second kappa shape index (κ2) is 9.55. The van der Waals surface area contributed by atoms with Crippen molar-refractivity contribution < 1.29 is 24.6 Å². The molecule has 1 aliphatic heterocycles. The van der Waals surface area contributed by atoms with Crippen molar-refractivity contribution in [2.75, 3.05) is 20.2 Å². The topological polar surface area (TPSA) is 145 Å². The minimum atomic E-state index is -0.897. The number of aliphatic hydroxyl groups excluding tert-OH is 2. The molecule has 9 heteroatoms. The Morgan fingerprint density at radius 3 is 2.58 bits per heavy atom. The van der Waals surface area contributed by atoms with Gasteiger partial charge in [0.15, 0.2) is 0 Å². The lowest BCUT2D eigenvalue weighted by Gasteiger charge is -2.28. The Balaban J connectivity index is 2.68. The van der Waals surface area contributed by atoms with E-state index in [0.717, 1.165) is 0 Å². The van der Waals surface area contributed by atoms with Gasteiger partial charge in [-0.15, -0.1) is 0 Å². The highest BCUT2D eigenvalue weighted by molar-refractivity contribution is 5.92. The third kappa shape index (κ3) is 5.73. The van der Waals surface area contributed by atoms with Crippen LogP contribution in [0.15, 0.2) is 0 Å². The van der Waals surface area contributed by atoms with Gasteiger partial charge in [0.1, 0.15) is 6.04 Å². The monoisotopic (exact) mass is 344 g/mol. The predicted molar refractivity (Wildman–Crippen MR) is 86.7 cm³/mol. The number of hydrogen-bond donors (Lipinski definition) is 5. The number of likely N-dealkylation sites (N-methyl/N-ethyl adjacent to an activating group) is 1.